The summed E-state index contributed by atoms with van der Waals surface area (Å²) < 4.78 is 0. The van der Waals surface area contributed by atoms with Gasteiger partial charge in [0, 0.05) is 35.7 Å². The van der Waals surface area contributed by atoms with Crippen LogP contribution in [0.25, 0.3) is 0 Å². The Hall–Kier alpha value is -0.570. The second-order valence-corrected chi connectivity index (χ2v) is 7.52. The van der Waals surface area contributed by atoms with Crippen molar-refractivity contribution in [3.05, 3.63) is 34.9 Å². The number of rotatable bonds is 2. The van der Waals surface area contributed by atoms with E-state index in [2.05, 4.69) is 36.2 Å². The standard InChI is InChI=1S/C17H25ClN2/c1-16(2)13-20(11-14-7-3-4-8-15(14)18)17(12-19-16)9-5-6-10-17/h3-4,7-8,19H,5-6,9-13H2,1-2H3. The number of nitrogens with one attached hydrogen (secondary N) is 1. The average molecular weight is 293 g/mol. The van der Waals surface area contributed by atoms with Gasteiger partial charge in [-0.1, -0.05) is 42.6 Å². The molecule has 1 aromatic rings. The number of piperazine rings is 1. The van der Waals surface area contributed by atoms with Crippen LogP contribution in [0.4, 0.5) is 0 Å². The molecule has 1 aliphatic heterocycles. The van der Waals surface area contributed by atoms with Gasteiger partial charge in [-0.25, -0.2) is 0 Å². The normalized spacial score (nSPS) is 25.1. The van der Waals surface area contributed by atoms with E-state index in [4.69, 9.17) is 11.6 Å². The molecule has 1 aromatic carbocycles. The number of nitrogens with zero attached hydrogens (tertiary/aromatic N) is 1. The second kappa shape index (κ2) is 5.32. The molecule has 1 heterocycles. The quantitative estimate of drug-likeness (QED) is 0.891. The minimum absolute atomic E-state index is 0.190. The summed E-state index contributed by atoms with van der Waals surface area (Å²) in [6.45, 7) is 7.79. The van der Waals surface area contributed by atoms with E-state index in [0.717, 1.165) is 24.7 Å². The summed E-state index contributed by atoms with van der Waals surface area (Å²) in [6, 6.07) is 8.28. The first-order chi connectivity index (χ1) is 9.51. The molecule has 1 N–H and O–H groups in total. The van der Waals surface area contributed by atoms with E-state index in [1.807, 2.05) is 12.1 Å². The van der Waals surface area contributed by atoms with Gasteiger partial charge in [0.15, 0.2) is 0 Å². The van der Waals surface area contributed by atoms with Crippen LogP contribution < -0.4 is 5.32 Å². The van der Waals surface area contributed by atoms with Crippen molar-refractivity contribution in [1.82, 2.24) is 10.2 Å². The van der Waals surface area contributed by atoms with Crippen molar-refractivity contribution in [2.45, 2.75) is 57.2 Å². The Kier molecular flexibility index (Phi) is 3.83. The lowest BCUT2D eigenvalue weighted by atomic mass is 9.86. The molecule has 3 rings (SSSR count). The summed E-state index contributed by atoms with van der Waals surface area (Å²) in [5, 5.41) is 4.65. The lowest BCUT2D eigenvalue weighted by molar-refractivity contribution is 0.0122. The number of halogens is 1. The molecule has 0 aromatic heterocycles. The lowest BCUT2D eigenvalue weighted by Gasteiger charge is -2.51. The highest BCUT2D eigenvalue weighted by atomic mass is 35.5. The molecule has 3 heteroatoms. The van der Waals surface area contributed by atoms with Gasteiger partial charge in [0.1, 0.15) is 0 Å². The average Bonchev–Trinajstić information content (AvgIpc) is 2.87. The van der Waals surface area contributed by atoms with Crippen molar-refractivity contribution >= 4 is 11.6 Å². The Balaban J connectivity index is 1.85. The minimum Gasteiger partial charge on any atom is -0.309 e. The highest BCUT2D eigenvalue weighted by molar-refractivity contribution is 6.31. The molecule has 2 nitrogen and oxygen atoms in total. The summed E-state index contributed by atoms with van der Waals surface area (Å²) in [4.78, 5) is 2.69. The van der Waals surface area contributed by atoms with Crippen molar-refractivity contribution in [2.24, 2.45) is 0 Å². The van der Waals surface area contributed by atoms with Gasteiger partial charge in [-0.15, -0.1) is 0 Å². The van der Waals surface area contributed by atoms with Crippen LogP contribution in [0.5, 0.6) is 0 Å². The third-order valence-corrected chi connectivity index (χ3v) is 5.38. The molecule has 2 aliphatic rings. The number of benzene rings is 1. The summed E-state index contributed by atoms with van der Waals surface area (Å²) in [7, 11) is 0. The van der Waals surface area contributed by atoms with E-state index in [9.17, 15) is 0 Å². The van der Waals surface area contributed by atoms with Crippen LogP contribution in [0.3, 0.4) is 0 Å². The maximum Gasteiger partial charge on any atom is 0.0451 e. The van der Waals surface area contributed by atoms with Crippen LogP contribution in [0.2, 0.25) is 5.02 Å². The Labute approximate surface area is 127 Å². The predicted molar refractivity (Wildman–Crippen MR) is 85.1 cm³/mol. The third kappa shape index (κ3) is 2.74. The Morgan fingerprint density at radius 3 is 2.60 bits per heavy atom. The summed E-state index contributed by atoms with van der Waals surface area (Å²) in [5.74, 6) is 0. The SMILES string of the molecule is CC1(C)CN(Cc2ccccc2Cl)C2(CCCC2)CN1. The van der Waals surface area contributed by atoms with Gasteiger partial charge in [-0.05, 0) is 38.3 Å². The Bertz CT molecular complexity index is 478. The molecular weight excluding hydrogens is 268 g/mol. The molecule has 0 unspecified atom stereocenters. The van der Waals surface area contributed by atoms with E-state index in [0.29, 0.717) is 5.54 Å². The molecule has 1 saturated heterocycles. The lowest BCUT2D eigenvalue weighted by Crippen LogP contribution is -2.66. The summed E-state index contributed by atoms with van der Waals surface area (Å²) in [6.07, 6.45) is 5.36. The van der Waals surface area contributed by atoms with E-state index < -0.39 is 0 Å². The zero-order chi connectivity index (χ0) is 14.2. The minimum atomic E-state index is 0.190. The number of hydrogen-bond acceptors (Lipinski definition) is 2. The molecule has 0 atom stereocenters. The molecule has 0 amide bonds. The van der Waals surface area contributed by atoms with Gasteiger partial charge in [-0.3, -0.25) is 4.90 Å². The van der Waals surface area contributed by atoms with Crippen LogP contribution in [-0.4, -0.2) is 29.1 Å². The molecule has 1 aliphatic carbocycles. The molecule has 0 radical (unpaired) electrons. The Morgan fingerprint density at radius 1 is 1.20 bits per heavy atom. The molecular formula is C17H25ClN2. The highest BCUT2D eigenvalue weighted by Gasteiger charge is 2.45. The Morgan fingerprint density at radius 2 is 1.90 bits per heavy atom. The topological polar surface area (TPSA) is 15.3 Å². The van der Waals surface area contributed by atoms with E-state index >= 15 is 0 Å². The van der Waals surface area contributed by atoms with Gasteiger partial charge < -0.3 is 5.32 Å². The zero-order valence-corrected chi connectivity index (χ0v) is 13.3. The smallest absolute Gasteiger partial charge is 0.0451 e. The van der Waals surface area contributed by atoms with Crippen molar-refractivity contribution in [3.8, 4) is 0 Å². The fraction of sp³-hybridized carbons (Fsp3) is 0.647. The monoisotopic (exact) mass is 292 g/mol. The summed E-state index contributed by atoms with van der Waals surface area (Å²) in [5.41, 5.74) is 1.81. The van der Waals surface area contributed by atoms with Gasteiger partial charge >= 0.3 is 0 Å². The predicted octanol–water partition coefficient (Wildman–Crippen LogP) is 3.84. The van der Waals surface area contributed by atoms with Crippen molar-refractivity contribution in [1.29, 1.82) is 0 Å². The highest BCUT2D eigenvalue weighted by Crippen LogP contribution is 2.39. The first kappa shape index (κ1) is 14.4. The second-order valence-electron chi connectivity index (χ2n) is 7.12. The van der Waals surface area contributed by atoms with Crippen LogP contribution in [0.15, 0.2) is 24.3 Å². The fourth-order valence-electron chi connectivity index (χ4n) is 3.80. The zero-order valence-electron chi connectivity index (χ0n) is 12.6. The molecule has 0 bridgehead atoms. The fourth-order valence-corrected chi connectivity index (χ4v) is 3.99. The molecule has 20 heavy (non-hydrogen) atoms. The molecule has 1 saturated carbocycles. The summed E-state index contributed by atoms with van der Waals surface area (Å²) >= 11 is 6.37. The van der Waals surface area contributed by atoms with E-state index in [1.165, 1.54) is 31.2 Å². The van der Waals surface area contributed by atoms with Crippen LogP contribution in [0.1, 0.15) is 45.1 Å². The van der Waals surface area contributed by atoms with Crippen molar-refractivity contribution in [2.75, 3.05) is 13.1 Å². The van der Waals surface area contributed by atoms with E-state index in [1.54, 1.807) is 0 Å². The van der Waals surface area contributed by atoms with Crippen LogP contribution in [-0.2, 0) is 6.54 Å². The van der Waals surface area contributed by atoms with E-state index in [-0.39, 0.29) is 5.54 Å². The molecule has 2 fully saturated rings. The first-order valence-electron chi connectivity index (χ1n) is 7.74. The van der Waals surface area contributed by atoms with Gasteiger partial charge in [0.05, 0.1) is 0 Å². The molecule has 110 valence electrons. The molecule has 1 spiro atoms. The van der Waals surface area contributed by atoms with Gasteiger partial charge in [0.25, 0.3) is 0 Å². The third-order valence-electron chi connectivity index (χ3n) is 5.01. The van der Waals surface area contributed by atoms with Gasteiger partial charge in [0.2, 0.25) is 0 Å². The van der Waals surface area contributed by atoms with Crippen LogP contribution >= 0.6 is 11.6 Å². The maximum absolute atomic E-state index is 6.37. The first-order valence-corrected chi connectivity index (χ1v) is 8.12. The van der Waals surface area contributed by atoms with Crippen LogP contribution in [0, 0.1) is 0 Å². The largest absolute Gasteiger partial charge is 0.309 e. The maximum atomic E-state index is 6.37. The number of hydrogen-bond donors (Lipinski definition) is 1. The van der Waals surface area contributed by atoms with Crippen molar-refractivity contribution in [3.63, 3.8) is 0 Å². The van der Waals surface area contributed by atoms with Gasteiger partial charge in [-0.2, -0.15) is 0 Å². The van der Waals surface area contributed by atoms with Crippen molar-refractivity contribution < 1.29 is 0 Å².